The zero-order valence-corrected chi connectivity index (χ0v) is 26.0. The summed E-state index contributed by atoms with van der Waals surface area (Å²) >= 11 is 0. The molecule has 0 aliphatic carbocycles. The number of aromatic nitrogens is 2. The molecule has 44 heavy (non-hydrogen) atoms. The van der Waals surface area contributed by atoms with E-state index in [1.165, 1.54) is 0 Å². The van der Waals surface area contributed by atoms with Crippen LogP contribution in [-0.2, 0) is 19.4 Å². The van der Waals surface area contributed by atoms with Gasteiger partial charge in [-0.25, -0.2) is 0 Å². The molecule has 4 rings (SSSR count). The van der Waals surface area contributed by atoms with Gasteiger partial charge in [-0.15, -0.1) is 0 Å². The highest BCUT2D eigenvalue weighted by Crippen LogP contribution is 2.33. The van der Waals surface area contributed by atoms with Crippen LogP contribution in [0.2, 0.25) is 0 Å². The van der Waals surface area contributed by atoms with Gasteiger partial charge in [-0.1, -0.05) is 30.3 Å². The first-order chi connectivity index (χ1) is 21.2. The fourth-order valence-corrected chi connectivity index (χ4v) is 5.30. The van der Waals surface area contributed by atoms with Crippen molar-refractivity contribution in [3.05, 3.63) is 111 Å². The second-order valence-electron chi connectivity index (χ2n) is 11.2. The molecule has 0 saturated heterocycles. The summed E-state index contributed by atoms with van der Waals surface area (Å²) in [6.45, 7) is 9.27. The fourth-order valence-electron chi connectivity index (χ4n) is 5.30. The molecule has 0 aliphatic rings. The Morgan fingerprint density at radius 3 is 2.11 bits per heavy atom. The van der Waals surface area contributed by atoms with Gasteiger partial charge in [0, 0.05) is 44.2 Å². The zero-order valence-electron chi connectivity index (χ0n) is 26.0. The van der Waals surface area contributed by atoms with Gasteiger partial charge in [-0.3, -0.25) is 19.6 Å². The van der Waals surface area contributed by atoms with Gasteiger partial charge in [-0.05, 0) is 115 Å². The Labute approximate surface area is 259 Å². The van der Waals surface area contributed by atoms with Gasteiger partial charge in [0.1, 0.15) is 11.4 Å². The minimum Gasteiger partial charge on any atom is -0.396 e. The molecule has 0 unspecified atom stereocenters. The highest BCUT2D eigenvalue weighted by Gasteiger charge is 2.17. The van der Waals surface area contributed by atoms with Gasteiger partial charge < -0.3 is 20.8 Å². The number of nitrogens with zero attached hydrogens (tertiary/aromatic N) is 2. The van der Waals surface area contributed by atoms with Crippen molar-refractivity contribution in [3.8, 4) is 11.1 Å². The van der Waals surface area contributed by atoms with Crippen molar-refractivity contribution in [2.24, 2.45) is 0 Å². The number of pyridine rings is 2. The molecule has 2 aromatic heterocycles. The number of carbonyl (C=O) groups is 2. The van der Waals surface area contributed by atoms with E-state index in [0.717, 1.165) is 69.3 Å². The third-order valence-corrected chi connectivity index (χ3v) is 8.08. The number of benzene rings is 2. The van der Waals surface area contributed by atoms with Gasteiger partial charge in [0.05, 0.1) is 6.61 Å². The monoisotopic (exact) mass is 594 g/mol. The number of hydrogen-bond acceptors (Lipinski definition) is 7. The van der Waals surface area contributed by atoms with Crippen LogP contribution in [0.3, 0.4) is 0 Å². The van der Waals surface area contributed by atoms with Crippen LogP contribution in [0.1, 0.15) is 72.8 Å². The van der Waals surface area contributed by atoms with Crippen LogP contribution in [0.15, 0.2) is 60.9 Å². The molecule has 0 bridgehead atoms. The maximum Gasteiger partial charge on any atom is 0.274 e. The lowest BCUT2D eigenvalue weighted by atomic mass is 9.91. The number of anilines is 1. The summed E-state index contributed by atoms with van der Waals surface area (Å²) in [5.41, 5.74) is 10.4. The third kappa shape index (κ3) is 8.02. The number of amides is 1. The molecule has 230 valence electrons. The van der Waals surface area contributed by atoms with Crippen LogP contribution in [0, 0.1) is 27.7 Å². The summed E-state index contributed by atoms with van der Waals surface area (Å²) < 4.78 is 0. The van der Waals surface area contributed by atoms with Gasteiger partial charge >= 0.3 is 0 Å². The predicted octanol–water partition coefficient (Wildman–Crippen LogP) is 5.45. The molecule has 8 nitrogen and oxygen atoms in total. The van der Waals surface area contributed by atoms with E-state index in [0.29, 0.717) is 30.2 Å². The molecule has 0 fully saturated rings. The van der Waals surface area contributed by atoms with Crippen molar-refractivity contribution in [3.63, 3.8) is 0 Å². The molecular formula is C36H42N4O4. The van der Waals surface area contributed by atoms with Crippen LogP contribution in [0.25, 0.3) is 11.1 Å². The van der Waals surface area contributed by atoms with E-state index < -0.39 is 0 Å². The standard InChI is InChI=1S/C36H42N4O4/c1-23-18-34(39-21-28(23)9-5-6-15-41)36(44)40-32-13-8-12-31(26(32)4)30-11-7-10-27(25(30)3)19-35(43)33-17-24(2)29(22-38-33)20-37-14-16-42/h7-8,10-13,17-18,21-22,37,41-42H,5-6,9,14-16,19-20H2,1-4H3,(H,40,44). The van der Waals surface area contributed by atoms with Gasteiger partial charge in [-0.2, -0.15) is 0 Å². The number of carbonyl (C=O) groups excluding carboxylic acids is 2. The summed E-state index contributed by atoms with van der Waals surface area (Å²) in [5, 5.41) is 24.2. The Balaban J connectivity index is 1.50. The topological polar surface area (TPSA) is 124 Å². The molecule has 0 radical (unpaired) electrons. The summed E-state index contributed by atoms with van der Waals surface area (Å²) in [6.07, 6.45) is 6.14. The second kappa shape index (κ2) is 15.5. The van der Waals surface area contributed by atoms with Crippen LogP contribution < -0.4 is 10.6 Å². The number of Topliss-reactive ketones (excluding diaryl/α,β-unsaturated/α-hetero) is 1. The highest BCUT2D eigenvalue weighted by atomic mass is 16.3. The van der Waals surface area contributed by atoms with Crippen molar-refractivity contribution in [2.75, 3.05) is 25.1 Å². The quantitative estimate of drug-likeness (QED) is 0.113. The number of rotatable bonds is 14. The Morgan fingerprint density at radius 1 is 0.750 bits per heavy atom. The zero-order chi connectivity index (χ0) is 31.6. The van der Waals surface area contributed by atoms with Crippen LogP contribution in [0.5, 0.6) is 0 Å². The van der Waals surface area contributed by atoms with E-state index in [1.54, 1.807) is 12.4 Å². The first-order valence-corrected chi connectivity index (χ1v) is 15.1. The molecule has 0 spiro atoms. The van der Waals surface area contributed by atoms with Crippen molar-refractivity contribution in [2.45, 2.75) is 59.9 Å². The number of unbranched alkanes of at least 4 members (excludes halogenated alkanes) is 1. The molecule has 2 aromatic carbocycles. The lowest BCUT2D eigenvalue weighted by molar-refractivity contribution is 0.0986. The molecule has 8 heteroatoms. The highest BCUT2D eigenvalue weighted by molar-refractivity contribution is 6.04. The Bertz CT molecular complexity index is 1510. The Hall–Kier alpha value is -4.24. The lowest BCUT2D eigenvalue weighted by Gasteiger charge is -2.16. The molecule has 0 aliphatic heterocycles. The smallest absolute Gasteiger partial charge is 0.274 e. The minimum absolute atomic E-state index is 0.0526. The first kappa shape index (κ1) is 32.7. The van der Waals surface area contributed by atoms with Crippen LogP contribution in [-0.4, -0.2) is 51.6 Å². The van der Waals surface area contributed by atoms with E-state index in [9.17, 15) is 9.59 Å². The molecule has 1 amide bonds. The second-order valence-corrected chi connectivity index (χ2v) is 11.2. The average molecular weight is 595 g/mol. The first-order valence-electron chi connectivity index (χ1n) is 15.1. The molecule has 4 aromatic rings. The maximum absolute atomic E-state index is 13.3. The molecule has 0 saturated carbocycles. The van der Waals surface area contributed by atoms with E-state index in [1.807, 2.05) is 76.2 Å². The number of hydrogen-bond donors (Lipinski definition) is 4. The SMILES string of the molecule is Cc1cc(C(=O)Nc2cccc(-c3cccc(CC(=O)c4cc(C)c(CNCCO)cn4)c3C)c2C)ncc1CCCCO. The van der Waals surface area contributed by atoms with Crippen LogP contribution in [0.4, 0.5) is 5.69 Å². The van der Waals surface area contributed by atoms with E-state index in [4.69, 9.17) is 10.2 Å². The van der Waals surface area contributed by atoms with Crippen molar-refractivity contribution >= 4 is 17.4 Å². The van der Waals surface area contributed by atoms with E-state index in [-0.39, 0.29) is 31.3 Å². The predicted molar refractivity (Wildman–Crippen MR) is 174 cm³/mol. The fraction of sp³-hybridized carbons (Fsp3) is 0.333. The Morgan fingerprint density at radius 2 is 1.41 bits per heavy atom. The van der Waals surface area contributed by atoms with Crippen molar-refractivity contribution in [1.29, 1.82) is 0 Å². The van der Waals surface area contributed by atoms with Crippen molar-refractivity contribution < 1.29 is 19.8 Å². The number of aryl methyl sites for hydroxylation is 3. The third-order valence-electron chi connectivity index (χ3n) is 8.08. The van der Waals surface area contributed by atoms with Crippen LogP contribution >= 0.6 is 0 Å². The maximum atomic E-state index is 13.3. The van der Waals surface area contributed by atoms with Gasteiger partial charge in [0.2, 0.25) is 0 Å². The largest absolute Gasteiger partial charge is 0.396 e. The number of aliphatic hydroxyl groups is 2. The van der Waals surface area contributed by atoms with Crippen molar-refractivity contribution in [1.82, 2.24) is 15.3 Å². The van der Waals surface area contributed by atoms with Gasteiger partial charge in [0.25, 0.3) is 5.91 Å². The molecular weight excluding hydrogens is 552 g/mol. The minimum atomic E-state index is -0.274. The summed E-state index contributed by atoms with van der Waals surface area (Å²) in [7, 11) is 0. The van der Waals surface area contributed by atoms with E-state index >= 15 is 0 Å². The number of aliphatic hydroxyl groups excluding tert-OH is 2. The summed E-state index contributed by atoms with van der Waals surface area (Å²) in [5.74, 6) is -0.326. The molecule has 2 heterocycles. The molecule has 0 atom stereocenters. The lowest BCUT2D eigenvalue weighted by Crippen LogP contribution is -2.18. The van der Waals surface area contributed by atoms with E-state index in [2.05, 4.69) is 20.6 Å². The van der Waals surface area contributed by atoms with Gasteiger partial charge in [0.15, 0.2) is 5.78 Å². The number of ketones is 1. The summed E-state index contributed by atoms with van der Waals surface area (Å²) in [6, 6.07) is 15.4. The average Bonchev–Trinajstić information content (AvgIpc) is 3.01. The Kier molecular flexibility index (Phi) is 11.5. The normalized spacial score (nSPS) is 11.0. The number of nitrogens with one attached hydrogen (secondary N) is 2. The summed E-state index contributed by atoms with van der Waals surface area (Å²) in [4.78, 5) is 35.2. The molecule has 4 N–H and O–H groups in total.